The first-order valence-corrected chi connectivity index (χ1v) is 9.80. The van der Waals surface area contributed by atoms with Gasteiger partial charge < -0.3 is 15.7 Å². The van der Waals surface area contributed by atoms with E-state index < -0.39 is 24.6 Å². The highest BCUT2D eigenvalue weighted by molar-refractivity contribution is 5.94. The Morgan fingerprint density at radius 2 is 1.76 bits per heavy atom. The maximum atomic E-state index is 13.0. The van der Waals surface area contributed by atoms with Crippen molar-refractivity contribution in [2.75, 3.05) is 11.9 Å². The molecule has 3 N–H and O–H groups in total. The number of rotatable bonds is 8. The van der Waals surface area contributed by atoms with Gasteiger partial charge in [-0.1, -0.05) is 30.3 Å². The van der Waals surface area contributed by atoms with E-state index in [4.69, 9.17) is 5.11 Å². The van der Waals surface area contributed by atoms with Gasteiger partial charge in [-0.15, -0.1) is 0 Å². The Balaban J connectivity index is 1.50. The maximum absolute atomic E-state index is 13.0. The minimum atomic E-state index is -2.11. The van der Waals surface area contributed by atoms with Gasteiger partial charge in [0.05, 0.1) is 6.54 Å². The fourth-order valence-corrected chi connectivity index (χ4v) is 3.25. The molecule has 1 aliphatic rings. The van der Waals surface area contributed by atoms with Gasteiger partial charge in [0, 0.05) is 17.8 Å². The molecule has 2 aromatic carbocycles. The third-order valence-electron chi connectivity index (χ3n) is 4.97. The second-order valence-corrected chi connectivity index (χ2v) is 7.12. The number of hydrogen-bond acceptors (Lipinski definition) is 3. The fourth-order valence-electron chi connectivity index (χ4n) is 3.25. The Morgan fingerprint density at radius 3 is 2.38 bits per heavy atom. The van der Waals surface area contributed by atoms with E-state index in [0.29, 0.717) is 12.1 Å². The summed E-state index contributed by atoms with van der Waals surface area (Å²) in [7, 11) is 0. The van der Waals surface area contributed by atoms with E-state index in [1.807, 2.05) is 12.1 Å². The fraction of sp³-hybridized carbons (Fsp3) is 0.304. The van der Waals surface area contributed by atoms with Gasteiger partial charge in [-0.05, 0) is 66.6 Å². The molecule has 0 spiro atoms. The highest BCUT2D eigenvalue weighted by atomic mass is 19.1. The van der Waals surface area contributed by atoms with Crippen LogP contribution in [0.25, 0.3) is 5.57 Å². The monoisotopic (exact) mass is 396 g/mol. The van der Waals surface area contributed by atoms with Crippen molar-refractivity contribution in [1.82, 2.24) is 5.32 Å². The largest absolute Gasteiger partial charge is 0.479 e. The molecule has 0 heterocycles. The number of carbonyl (C=O) groups is 2. The van der Waals surface area contributed by atoms with E-state index in [1.54, 1.807) is 12.1 Å². The molecule has 0 fully saturated rings. The van der Waals surface area contributed by atoms with E-state index in [1.165, 1.54) is 24.0 Å². The van der Waals surface area contributed by atoms with Gasteiger partial charge >= 0.3 is 5.97 Å². The molecular weight excluding hydrogens is 371 g/mol. The van der Waals surface area contributed by atoms with Crippen molar-refractivity contribution < 1.29 is 19.1 Å². The molecule has 0 saturated carbocycles. The first-order valence-electron chi connectivity index (χ1n) is 9.80. The van der Waals surface area contributed by atoms with Crippen LogP contribution in [0.3, 0.4) is 0 Å². The number of alkyl halides is 1. The molecule has 1 unspecified atom stereocenters. The molecule has 152 valence electrons. The average Bonchev–Trinajstić information content (AvgIpc) is 2.77. The number of nitrogens with one attached hydrogen (secondary N) is 2. The van der Waals surface area contributed by atoms with Crippen LogP contribution in [0.2, 0.25) is 0 Å². The molecule has 2 aromatic rings. The summed E-state index contributed by atoms with van der Waals surface area (Å²) in [5, 5.41) is 14.1. The van der Waals surface area contributed by atoms with E-state index in [9.17, 15) is 14.0 Å². The number of carboxylic acids is 1. The van der Waals surface area contributed by atoms with Crippen LogP contribution >= 0.6 is 0 Å². The lowest BCUT2D eigenvalue weighted by molar-refractivity contribution is -0.142. The number of amides is 1. The lowest BCUT2D eigenvalue weighted by Gasteiger charge is -2.14. The maximum Gasteiger partial charge on any atom is 0.340 e. The third-order valence-corrected chi connectivity index (χ3v) is 4.97. The number of benzene rings is 2. The number of aliphatic carboxylic acids is 1. The molecule has 6 heteroatoms. The first kappa shape index (κ1) is 20.6. The standard InChI is InChI=1S/C23H25FN2O3/c24-21(23(28)29)15-26-22(27)19-8-6-16(7-9-19)14-25-20-12-10-18(11-13-20)17-4-2-1-3-5-17/h4,6-13,21,25H,1-3,5,14-15H2,(H,26,27)(H,28,29). The minimum Gasteiger partial charge on any atom is -0.479 e. The summed E-state index contributed by atoms with van der Waals surface area (Å²) in [6.45, 7) is 0.0554. The molecule has 1 aliphatic carbocycles. The molecule has 1 atom stereocenters. The Labute approximate surface area is 169 Å². The quantitative estimate of drug-likeness (QED) is 0.618. The van der Waals surface area contributed by atoms with E-state index >= 15 is 0 Å². The van der Waals surface area contributed by atoms with Crippen LogP contribution in [0, 0.1) is 0 Å². The zero-order chi connectivity index (χ0) is 20.6. The molecule has 0 saturated heterocycles. The van der Waals surface area contributed by atoms with Gasteiger partial charge in [0.25, 0.3) is 5.91 Å². The molecule has 3 rings (SSSR count). The lowest BCUT2D eigenvalue weighted by atomic mass is 9.94. The summed E-state index contributed by atoms with van der Waals surface area (Å²) in [5.74, 6) is -2.09. The van der Waals surface area contributed by atoms with Crippen molar-refractivity contribution in [3.63, 3.8) is 0 Å². The van der Waals surface area contributed by atoms with Gasteiger partial charge in [0.2, 0.25) is 6.17 Å². The molecule has 5 nitrogen and oxygen atoms in total. The molecule has 0 bridgehead atoms. The highest BCUT2D eigenvalue weighted by Gasteiger charge is 2.17. The van der Waals surface area contributed by atoms with Gasteiger partial charge in [0.15, 0.2) is 0 Å². The molecule has 29 heavy (non-hydrogen) atoms. The second-order valence-electron chi connectivity index (χ2n) is 7.12. The topological polar surface area (TPSA) is 78.4 Å². The molecule has 0 radical (unpaired) electrons. The Morgan fingerprint density at radius 1 is 1.03 bits per heavy atom. The Bertz CT molecular complexity index is 876. The Hall–Kier alpha value is -3.15. The van der Waals surface area contributed by atoms with Crippen LogP contribution < -0.4 is 10.6 Å². The number of carboxylic acid groups (broad SMARTS) is 1. The number of carbonyl (C=O) groups excluding carboxylic acids is 1. The van der Waals surface area contributed by atoms with Gasteiger partial charge in [0.1, 0.15) is 0 Å². The molecule has 1 amide bonds. The van der Waals surface area contributed by atoms with Crippen LogP contribution in [0.1, 0.15) is 47.2 Å². The average molecular weight is 396 g/mol. The number of hydrogen-bond donors (Lipinski definition) is 3. The van der Waals surface area contributed by atoms with Gasteiger partial charge in [-0.2, -0.15) is 0 Å². The van der Waals surface area contributed by atoms with Crippen molar-refractivity contribution in [1.29, 1.82) is 0 Å². The summed E-state index contributed by atoms with van der Waals surface area (Å²) in [4.78, 5) is 22.4. The highest BCUT2D eigenvalue weighted by Crippen LogP contribution is 2.27. The second kappa shape index (κ2) is 9.87. The molecule has 0 aliphatic heterocycles. The normalized spacial score (nSPS) is 14.6. The number of allylic oxidation sites excluding steroid dienone is 2. The zero-order valence-electron chi connectivity index (χ0n) is 16.2. The van der Waals surface area contributed by atoms with Crippen LogP contribution in [0.5, 0.6) is 0 Å². The summed E-state index contributed by atoms with van der Waals surface area (Å²) in [6.07, 6.45) is 5.07. The predicted octanol–water partition coefficient (Wildman–Crippen LogP) is 4.41. The summed E-state index contributed by atoms with van der Waals surface area (Å²) >= 11 is 0. The summed E-state index contributed by atoms with van der Waals surface area (Å²) < 4.78 is 13.0. The van der Waals surface area contributed by atoms with Gasteiger partial charge in [-0.3, -0.25) is 4.79 Å². The number of anilines is 1. The molecule has 0 aromatic heterocycles. The van der Waals surface area contributed by atoms with Crippen molar-refractivity contribution >= 4 is 23.1 Å². The minimum absolute atomic E-state index is 0.358. The van der Waals surface area contributed by atoms with E-state index in [2.05, 4.69) is 41.0 Å². The zero-order valence-corrected chi connectivity index (χ0v) is 16.2. The number of halogens is 1. The predicted molar refractivity (Wildman–Crippen MR) is 112 cm³/mol. The first-order chi connectivity index (χ1) is 14.0. The van der Waals surface area contributed by atoms with Crippen molar-refractivity contribution in [2.45, 2.75) is 38.4 Å². The van der Waals surface area contributed by atoms with Crippen molar-refractivity contribution in [2.24, 2.45) is 0 Å². The van der Waals surface area contributed by atoms with Crippen LogP contribution in [0.4, 0.5) is 10.1 Å². The van der Waals surface area contributed by atoms with E-state index in [0.717, 1.165) is 24.1 Å². The molecular formula is C23H25FN2O3. The summed E-state index contributed by atoms with van der Waals surface area (Å²) in [5.41, 5.74) is 5.09. The Kier molecular flexibility index (Phi) is 7.00. The van der Waals surface area contributed by atoms with Gasteiger partial charge in [-0.25, -0.2) is 9.18 Å². The van der Waals surface area contributed by atoms with Crippen LogP contribution in [-0.2, 0) is 11.3 Å². The van der Waals surface area contributed by atoms with E-state index in [-0.39, 0.29) is 0 Å². The smallest absolute Gasteiger partial charge is 0.340 e. The summed E-state index contributed by atoms with van der Waals surface area (Å²) in [6, 6.07) is 15.3. The van der Waals surface area contributed by atoms with Crippen LogP contribution in [0.15, 0.2) is 54.6 Å². The SMILES string of the molecule is O=C(NCC(F)C(=O)O)c1ccc(CNc2ccc(C3=CCCCC3)cc2)cc1. The third kappa shape index (κ3) is 5.91. The van der Waals surface area contributed by atoms with Crippen molar-refractivity contribution in [3.05, 3.63) is 71.3 Å². The van der Waals surface area contributed by atoms with Crippen LogP contribution in [-0.4, -0.2) is 29.7 Å². The lowest BCUT2D eigenvalue weighted by Crippen LogP contribution is -2.34. The van der Waals surface area contributed by atoms with Crippen molar-refractivity contribution in [3.8, 4) is 0 Å².